The molecule has 0 spiro atoms. The van der Waals surface area contributed by atoms with E-state index in [-0.39, 0.29) is 12.2 Å². The van der Waals surface area contributed by atoms with Gasteiger partial charge < -0.3 is 9.47 Å². The number of benzene rings is 1. The molecule has 112 valence electrons. The van der Waals surface area contributed by atoms with Gasteiger partial charge in [0.25, 0.3) is 0 Å². The average Bonchev–Trinajstić information content (AvgIpc) is 2.96. The SMILES string of the molecule is COc1cccc(/C=C(\C#N)C(=O)OCc2csc(Br)c2)c1. The van der Waals surface area contributed by atoms with Crippen molar-refractivity contribution in [3.05, 3.63) is 56.2 Å². The second kappa shape index (κ2) is 7.78. The van der Waals surface area contributed by atoms with Crippen molar-refractivity contribution in [2.24, 2.45) is 0 Å². The first-order valence-electron chi connectivity index (χ1n) is 6.28. The number of esters is 1. The molecule has 1 aromatic carbocycles. The van der Waals surface area contributed by atoms with Crippen LogP contribution in [0.1, 0.15) is 11.1 Å². The molecule has 0 amide bonds. The quantitative estimate of drug-likeness (QED) is 0.445. The summed E-state index contributed by atoms with van der Waals surface area (Å²) in [6.07, 6.45) is 1.48. The standard InChI is InChI=1S/C16H12BrNO3S/c1-20-14-4-2-3-11(6-14)5-13(8-18)16(19)21-9-12-7-15(17)22-10-12/h2-7,10H,9H2,1H3/b13-5+. The van der Waals surface area contributed by atoms with Gasteiger partial charge in [-0.15, -0.1) is 11.3 Å². The molecule has 0 radical (unpaired) electrons. The van der Waals surface area contributed by atoms with Crippen LogP contribution < -0.4 is 4.74 Å². The molecule has 0 aliphatic carbocycles. The van der Waals surface area contributed by atoms with Gasteiger partial charge in [0.05, 0.1) is 10.9 Å². The lowest BCUT2D eigenvalue weighted by Gasteiger charge is -2.03. The van der Waals surface area contributed by atoms with Crippen LogP contribution in [0.15, 0.2) is 45.1 Å². The Hall–Kier alpha value is -2.10. The normalized spacial score (nSPS) is 10.9. The molecule has 22 heavy (non-hydrogen) atoms. The monoisotopic (exact) mass is 377 g/mol. The maximum atomic E-state index is 12.0. The molecule has 0 N–H and O–H groups in total. The van der Waals surface area contributed by atoms with Crippen LogP contribution in [0.3, 0.4) is 0 Å². The minimum Gasteiger partial charge on any atom is -0.497 e. The van der Waals surface area contributed by atoms with E-state index in [9.17, 15) is 4.79 Å². The second-order valence-electron chi connectivity index (χ2n) is 4.28. The summed E-state index contributed by atoms with van der Waals surface area (Å²) in [4.78, 5) is 12.0. The van der Waals surface area contributed by atoms with Gasteiger partial charge in [-0.3, -0.25) is 0 Å². The summed E-state index contributed by atoms with van der Waals surface area (Å²) in [7, 11) is 1.56. The maximum absolute atomic E-state index is 12.0. The number of carbonyl (C=O) groups is 1. The number of halogens is 1. The number of hydrogen-bond donors (Lipinski definition) is 0. The number of carbonyl (C=O) groups excluding carboxylic acids is 1. The lowest BCUT2D eigenvalue weighted by molar-refractivity contribution is -0.139. The fourth-order valence-electron chi connectivity index (χ4n) is 1.68. The Bertz CT molecular complexity index is 746. The summed E-state index contributed by atoms with van der Waals surface area (Å²) in [5, 5.41) is 11.0. The highest BCUT2D eigenvalue weighted by molar-refractivity contribution is 9.11. The molecule has 6 heteroatoms. The Labute approximate surface area is 140 Å². The van der Waals surface area contributed by atoms with E-state index in [0.29, 0.717) is 11.3 Å². The van der Waals surface area contributed by atoms with Crippen LogP contribution in [0.4, 0.5) is 0 Å². The van der Waals surface area contributed by atoms with Gasteiger partial charge in [-0.05, 0) is 51.1 Å². The van der Waals surface area contributed by atoms with E-state index >= 15 is 0 Å². The zero-order valence-electron chi connectivity index (χ0n) is 11.7. The van der Waals surface area contributed by atoms with Gasteiger partial charge in [0.15, 0.2) is 0 Å². The van der Waals surface area contributed by atoms with Crippen LogP contribution in [-0.4, -0.2) is 13.1 Å². The molecule has 0 aliphatic rings. The van der Waals surface area contributed by atoms with Gasteiger partial charge in [0.1, 0.15) is 24.0 Å². The van der Waals surface area contributed by atoms with Crippen molar-refractivity contribution < 1.29 is 14.3 Å². The molecular weight excluding hydrogens is 366 g/mol. The smallest absolute Gasteiger partial charge is 0.349 e. The highest BCUT2D eigenvalue weighted by Crippen LogP contribution is 2.21. The van der Waals surface area contributed by atoms with E-state index in [1.807, 2.05) is 17.5 Å². The van der Waals surface area contributed by atoms with Gasteiger partial charge in [0.2, 0.25) is 0 Å². The molecular formula is C16H12BrNO3S. The topological polar surface area (TPSA) is 59.3 Å². The molecule has 0 saturated carbocycles. The molecule has 0 saturated heterocycles. The molecule has 2 rings (SSSR count). The molecule has 0 unspecified atom stereocenters. The van der Waals surface area contributed by atoms with E-state index in [1.54, 1.807) is 31.4 Å². The predicted molar refractivity (Wildman–Crippen MR) is 88.4 cm³/mol. The molecule has 0 aliphatic heterocycles. The van der Waals surface area contributed by atoms with Crippen LogP contribution in [0, 0.1) is 11.3 Å². The zero-order chi connectivity index (χ0) is 15.9. The van der Waals surface area contributed by atoms with E-state index in [2.05, 4.69) is 15.9 Å². The van der Waals surface area contributed by atoms with Gasteiger partial charge >= 0.3 is 5.97 Å². The minimum absolute atomic E-state index is 0.0532. The molecule has 4 nitrogen and oxygen atoms in total. The second-order valence-corrected chi connectivity index (χ2v) is 6.57. The Kier molecular flexibility index (Phi) is 5.75. The summed E-state index contributed by atoms with van der Waals surface area (Å²) in [5.74, 6) is 0.00942. The number of nitrogens with zero attached hydrogens (tertiary/aromatic N) is 1. The van der Waals surface area contributed by atoms with Crippen molar-refractivity contribution in [3.8, 4) is 11.8 Å². The fraction of sp³-hybridized carbons (Fsp3) is 0.125. The van der Waals surface area contributed by atoms with Crippen LogP contribution in [0.25, 0.3) is 6.08 Å². The van der Waals surface area contributed by atoms with Crippen molar-refractivity contribution in [3.63, 3.8) is 0 Å². The van der Waals surface area contributed by atoms with Crippen molar-refractivity contribution in [2.45, 2.75) is 6.61 Å². The number of nitriles is 1. The third-order valence-electron chi connectivity index (χ3n) is 2.74. The van der Waals surface area contributed by atoms with Gasteiger partial charge in [-0.2, -0.15) is 5.26 Å². The van der Waals surface area contributed by atoms with Crippen LogP contribution in [0.2, 0.25) is 0 Å². The van der Waals surface area contributed by atoms with Gasteiger partial charge in [-0.25, -0.2) is 4.79 Å². The zero-order valence-corrected chi connectivity index (χ0v) is 14.1. The van der Waals surface area contributed by atoms with Crippen LogP contribution >= 0.6 is 27.3 Å². The molecule has 2 aromatic rings. The highest BCUT2D eigenvalue weighted by atomic mass is 79.9. The van der Waals surface area contributed by atoms with Crippen molar-refractivity contribution in [1.29, 1.82) is 5.26 Å². The van der Waals surface area contributed by atoms with Crippen molar-refractivity contribution in [1.82, 2.24) is 0 Å². The molecule has 0 fully saturated rings. The Morgan fingerprint density at radius 1 is 1.45 bits per heavy atom. The summed E-state index contributed by atoms with van der Waals surface area (Å²) < 4.78 is 11.2. The summed E-state index contributed by atoms with van der Waals surface area (Å²) in [6.45, 7) is 0.137. The van der Waals surface area contributed by atoms with Crippen LogP contribution in [-0.2, 0) is 16.1 Å². The van der Waals surface area contributed by atoms with Crippen molar-refractivity contribution >= 4 is 39.3 Å². The fourth-order valence-corrected chi connectivity index (χ4v) is 2.88. The highest BCUT2D eigenvalue weighted by Gasteiger charge is 2.11. The largest absolute Gasteiger partial charge is 0.497 e. The summed E-state index contributed by atoms with van der Waals surface area (Å²) in [6, 6.07) is 10.8. The number of thiophene rings is 1. The summed E-state index contributed by atoms with van der Waals surface area (Å²) in [5.41, 5.74) is 1.53. The number of rotatable bonds is 5. The van der Waals surface area contributed by atoms with E-state index in [0.717, 1.165) is 9.35 Å². The third-order valence-corrected chi connectivity index (χ3v) is 4.29. The van der Waals surface area contributed by atoms with E-state index in [4.69, 9.17) is 14.7 Å². The lowest BCUT2D eigenvalue weighted by Crippen LogP contribution is -2.06. The van der Waals surface area contributed by atoms with Gasteiger partial charge in [0, 0.05) is 5.56 Å². The van der Waals surface area contributed by atoms with Gasteiger partial charge in [-0.1, -0.05) is 12.1 Å². The third kappa shape index (κ3) is 4.45. The van der Waals surface area contributed by atoms with Crippen molar-refractivity contribution in [2.75, 3.05) is 7.11 Å². The Morgan fingerprint density at radius 3 is 2.91 bits per heavy atom. The Morgan fingerprint density at radius 2 is 2.27 bits per heavy atom. The average molecular weight is 378 g/mol. The first kappa shape index (κ1) is 16.3. The maximum Gasteiger partial charge on any atom is 0.349 e. The first-order chi connectivity index (χ1) is 10.6. The first-order valence-corrected chi connectivity index (χ1v) is 7.95. The summed E-state index contributed by atoms with van der Waals surface area (Å²) >= 11 is 4.85. The van der Waals surface area contributed by atoms with Crippen LogP contribution in [0.5, 0.6) is 5.75 Å². The molecule has 0 bridgehead atoms. The van der Waals surface area contributed by atoms with E-state index in [1.165, 1.54) is 17.4 Å². The predicted octanol–water partition coefficient (Wildman–Crippen LogP) is 4.17. The number of ether oxygens (including phenoxy) is 2. The Balaban J connectivity index is 2.08. The molecule has 0 atom stereocenters. The van der Waals surface area contributed by atoms with E-state index < -0.39 is 5.97 Å². The molecule has 1 aromatic heterocycles. The molecule has 1 heterocycles. The number of methoxy groups -OCH3 is 1. The minimum atomic E-state index is -0.646. The lowest BCUT2D eigenvalue weighted by atomic mass is 10.1. The number of hydrogen-bond acceptors (Lipinski definition) is 5.